The Morgan fingerprint density at radius 1 is 1.16 bits per heavy atom. The second-order valence-electron chi connectivity index (χ2n) is 5.60. The van der Waals surface area contributed by atoms with Crippen LogP contribution in [0.2, 0.25) is 0 Å². The standard InChI is InChI=1S/C17H28N2/c1-3-17(15-9-6-5-7-10-15)18-16-11-8-13-19(4-2)14-12-16/h5-7,9-10,16-18H,3-4,8,11-14H2,1-2H3. The normalized spacial score (nSPS) is 22.9. The van der Waals surface area contributed by atoms with Crippen molar-refractivity contribution in [2.45, 2.75) is 51.6 Å². The molecule has 106 valence electrons. The fourth-order valence-electron chi connectivity index (χ4n) is 3.06. The molecule has 2 unspecified atom stereocenters. The van der Waals surface area contributed by atoms with Crippen molar-refractivity contribution in [3.05, 3.63) is 35.9 Å². The van der Waals surface area contributed by atoms with E-state index in [2.05, 4.69) is 54.4 Å². The van der Waals surface area contributed by atoms with Gasteiger partial charge in [-0.3, -0.25) is 0 Å². The first kappa shape index (κ1) is 14.5. The minimum Gasteiger partial charge on any atom is -0.307 e. The summed E-state index contributed by atoms with van der Waals surface area (Å²) in [5.74, 6) is 0. The van der Waals surface area contributed by atoms with Crippen molar-refractivity contribution in [1.29, 1.82) is 0 Å². The van der Waals surface area contributed by atoms with E-state index >= 15 is 0 Å². The van der Waals surface area contributed by atoms with E-state index in [4.69, 9.17) is 0 Å². The third-order valence-corrected chi connectivity index (χ3v) is 4.32. The van der Waals surface area contributed by atoms with E-state index in [0.29, 0.717) is 12.1 Å². The van der Waals surface area contributed by atoms with Crippen LogP contribution in [0.1, 0.15) is 51.1 Å². The summed E-state index contributed by atoms with van der Waals surface area (Å²) >= 11 is 0. The van der Waals surface area contributed by atoms with Crippen LogP contribution in [0.5, 0.6) is 0 Å². The highest BCUT2D eigenvalue weighted by Crippen LogP contribution is 2.20. The van der Waals surface area contributed by atoms with Gasteiger partial charge in [0.15, 0.2) is 0 Å². The average Bonchev–Trinajstić information content (AvgIpc) is 2.70. The van der Waals surface area contributed by atoms with Crippen LogP contribution < -0.4 is 5.32 Å². The topological polar surface area (TPSA) is 15.3 Å². The van der Waals surface area contributed by atoms with E-state index < -0.39 is 0 Å². The molecule has 2 atom stereocenters. The van der Waals surface area contributed by atoms with E-state index in [1.807, 2.05) is 0 Å². The van der Waals surface area contributed by atoms with Crippen LogP contribution in [0.15, 0.2) is 30.3 Å². The monoisotopic (exact) mass is 260 g/mol. The van der Waals surface area contributed by atoms with Gasteiger partial charge >= 0.3 is 0 Å². The number of hydrogen-bond acceptors (Lipinski definition) is 2. The molecule has 0 bridgehead atoms. The first-order valence-corrected chi connectivity index (χ1v) is 7.86. The van der Waals surface area contributed by atoms with Gasteiger partial charge < -0.3 is 10.2 Å². The summed E-state index contributed by atoms with van der Waals surface area (Å²) in [5, 5.41) is 3.88. The minimum atomic E-state index is 0.513. The van der Waals surface area contributed by atoms with E-state index in [9.17, 15) is 0 Å². The lowest BCUT2D eigenvalue weighted by Crippen LogP contribution is -2.33. The lowest BCUT2D eigenvalue weighted by atomic mass is 10.0. The number of nitrogens with one attached hydrogen (secondary N) is 1. The zero-order chi connectivity index (χ0) is 13.5. The SMILES string of the molecule is CCC(NC1CCCN(CC)CC1)c1ccccc1. The summed E-state index contributed by atoms with van der Waals surface area (Å²) in [6, 6.07) is 12.1. The molecule has 0 saturated carbocycles. The van der Waals surface area contributed by atoms with Crippen LogP contribution in [0, 0.1) is 0 Å². The highest BCUT2D eigenvalue weighted by molar-refractivity contribution is 5.18. The zero-order valence-corrected chi connectivity index (χ0v) is 12.4. The van der Waals surface area contributed by atoms with Gasteiger partial charge in [0.05, 0.1) is 0 Å². The Hall–Kier alpha value is -0.860. The lowest BCUT2D eigenvalue weighted by molar-refractivity contribution is 0.295. The van der Waals surface area contributed by atoms with Crippen molar-refractivity contribution in [1.82, 2.24) is 10.2 Å². The Bertz CT molecular complexity index is 350. The summed E-state index contributed by atoms with van der Waals surface area (Å²) in [6.07, 6.45) is 5.10. The Morgan fingerprint density at radius 3 is 2.63 bits per heavy atom. The van der Waals surface area contributed by atoms with Gasteiger partial charge in [0.25, 0.3) is 0 Å². The zero-order valence-electron chi connectivity index (χ0n) is 12.4. The van der Waals surface area contributed by atoms with Crippen molar-refractivity contribution in [2.24, 2.45) is 0 Å². The van der Waals surface area contributed by atoms with E-state index in [-0.39, 0.29) is 0 Å². The second kappa shape index (κ2) is 7.66. The molecule has 2 heteroatoms. The molecule has 1 aliphatic rings. The largest absolute Gasteiger partial charge is 0.307 e. The molecule has 2 rings (SSSR count). The van der Waals surface area contributed by atoms with Crippen molar-refractivity contribution in [3.63, 3.8) is 0 Å². The van der Waals surface area contributed by atoms with E-state index in [0.717, 1.165) is 6.42 Å². The van der Waals surface area contributed by atoms with Crippen LogP contribution in [0.4, 0.5) is 0 Å². The Kier molecular flexibility index (Phi) is 5.87. The van der Waals surface area contributed by atoms with Crippen LogP contribution in [0.3, 0.4) is 0 Å². The number of benzene rings is 1. The van der Waals surface area contributed by atoms with E-state index in [1.54, 1.807) is 0 Å². The van der Waals surface area contributed by atoms with Gasteiger partial charge in [0.2, 0.25) is 0 Å². The quantitative estimate of drug-likeness (QED) is 0.870. The first-order chi connectivity index (χ1) is 9.33. The molecule has 1 aromatic carbocycles. The number of rotatable bonds is 5. The minimum absolute atomic E-state index is 0.513. The molecule has 0 radical (unpaired) electrons. The maximum Gasteiger partial charge on any atom is 0.0320 e. The Labute approximate surface area is 118 Å². The molecule has 0 spiro atoms. The molecular weight excluding hydrogens is 232 g/mol. The summed E-state index contributed by atoms with van der Waals surface area (Å²) in [7, 11) is 0. The maximum atomic E-state index is 3.88. The molecule has 1 aliphatic heterocycles. The molecule has 2 nitrogen and oxygen atoms in total. The van der Waals surface area contributed by atoms with Gasteiger partial charge in [0.1, 0.15) is 0 Å². The first-order valence-electron chi connectivity index (χ1n) is 7.86. The molecule has 0 amide bonds. The van der Waals surface area contributed by atoms with Crippen molar-refractivity contribution in [3.8, 4) is 0 Å². The predicted octanol–water partition coefficient (Wildman–Crippen LogP) is 3.60. The molecule has 1 fully saturated rings. The molecule has 19 heavy (non-hydrogen) atoms. The molecule has 1 heterocycles. The van der Waals surface area contributed by atoms with Gasteiger partial charge in [-0.15, -0.1) is 0 Å². The number of nitrogens with zero attached hydrogens (tertiary/aromatic N) is 1. The number of hydrogen-bond donors (Lipinski definition) is 1. The summed E-state index contributed by atoms with van der Waals surface area (Å²) in [6.45, 7) is 8.27. The van der Waals surface area contributed by atoms with Crippen molar-refractivity contribution in [2.75, 3.05) is 19.6 Å². The van der Waals surface area contributed by atoms with Gasteiger partial charge in [-0.05, 0) is 50.9 Å². The van der Waals surface area contributed by atoms with Crippen LogP contribution in [0.25, 0.3) is 0 Å². The smallest absolute Gasteiger partial charge is 0.0320 e. The van der Waals surface area contributed by atoms with Crippen LogP contribution in [-0.2, 0) is 0 Å². The molecule has 1 N–H and O–H groups in total. The fraction of sp³-hybridized carbons (Fsp3) is 0.647. The summed E-state index contributed by atoms with van der Waals surface area (Å²) in [5.41, 5.74) is 1.43. The average molecular weight is 260 g/mol. The molecular formula is C17H28N2. The molecule has 0 aromatic heterocycles. The second-order valence-corrected chi connectivity index (χ2v) is 5.60. The molecule has 0 aliphatic carbocycles. The Balaban J connectivity index is 1.91. The maximum absolute atomic E-state index is 3.88. The Morgan fingerprint density at radius 2 is 1.95 bits per heavy atom. The number of likely N-dealkylation sites (tertiary alicyclic amines) is 1. The van der Waals surface area contributed by atoms with Gasteiger partial charge in [0, 0.05) is 12.1 Å². The predicted molar refractivity (Wildman–Crippen MR) is 82.4 cm³/mol. The third kappa shape index (κ3) is 4.32. The van der Waals surface area contributed by atoms with Gasteiger partial charge in [-0.1, -0.05) is 44.2 Å². The van der Waals surface area contributed by atoms with Crippen molar-refractivity contribution < 1.29 is 0 Å². The van der Waals surface area contributed by atoms with Gasteiger partial charge in [-0.25, -0.2) is 0 Å². The van der Waals surface area contributed by atoms with E-state index in [1.165, 1.54) is 44.5 Å². The lowest BCUT2D eigenvalue weighted by Gasteiger charge is -2.24. The van der Waals surface area contributed by atoms with Gasteiger partial charge in [-0.2, -0.15) is 0 Å². The third-order valence-electron chi connectivity index (χ3n) is 4.32. The van der Waals surface area contributed by atoms with Crippen LogP contribution >= 0.6 is 0 Å². The van der Waals surface area contributed by atoms with Crippen molar-refractivity contribution >= 4 is 0 Å². The summed E-state index contributed by atoms with van der Waals surface area (Å²) in [4.78, 5) is 2.57. The fourth-order valence-corrected chi connectivity index (χ4v) is 3.06. The highest BCUT2D eigenvalue weighted by Gasteiger charge is 2.19. The highest BCUT2D eigenvalue weighted by atomic mass is 15.1. The molecule has 1 aromatic rings. The van der Waals surface area contributed by atoms with Crippen LogP contribution in [-0.4, -0.2) is 30.6 Å². The molecule has 1 saturated heterocycles. The summed E-state index contributed by atoms with van der Waals surface area (Å²) < 4.78 is 0.